The van der Waals surface area contributed by atoms with Gasteiger partial charge in [0.05, 0.1) is 13.2 Å². The maximum absolute atomic E-state index is 11.1. The van der Waals surface area contributed by atoms with Crippen molar-refractivity contribution in [2.45, 2.75) is 6.04 Å². The van der Waals surface area contributed by atoms with Crippen LogP contribution in [0.3, 0.4) is 0 Å². The molecule has 0 spiro atoms. The number of ether oxygens (including phenoxy) is 1. The standard InChI is InChI=1S/C11H12BrNO3/c12-8-1-3-9(4-2-8)13-5-6-16-7-10(13)11(14)15/h1-4,10H,5-7H2,(H,14,15). The normalized spacial score (nSPS) is 20.8. The van der Waals surface area contributed by atoms with E-state index >= 15 is 0 Å². The second-order valence-corrected chi connectivity index (χ2v) is 4.51. The Labute approximate surface area is 102 Å². The van der Waals surface area contributed by atoms with Crippen LogP contribution in [-0.2, 0) is 9.53 Å². The highest BCUT2D eigenvalue weighted by Gasteiger charge is 2.29. The average molecular weight is 286 g/mol. The van der Waals surface area contributed by atoms with Crippen molar-refractivity contribution in [2.75, 3.05) is 24.7 Å². The second-order valence-electron chi connectivity index (χ2n) is 3.60. The number of aliphatic carboxylic acids is 1. The van der Waals surface area contributed by atoms with Gasteiger partial charge in [0, 0.05) is 16.7 Å². The van der Waals surface area contributed by atoms with E-state index in [1.54, 1.807) is 0 Å². The molecule has 1 aromatic rings. The molecule has 0 radical (unpaired) electrons. The quantitative estimate of drug-likeness (QED) is 0.899. The first-order valence-corrected chi connectivity index (χ1v) is 5.80. The lowest BCUT2D eigenvalue weighted by molar-refractivity contribution is -0.141. The Balaban J connectivity index is 2.23. The fourth-order valence-corrected chi connectivity index (χ4v) is 2.01. The van der Waals surface area contributed by atoms with Crippen LogP contribution in [0.1, 0.15) is 0 Å². The lowest BCUT2D eigenvalue weighted by Crippen LogP contribution is -2.50. The Morgan fingerprint density at radius 3 is 2.75 bits per heavy atom. The first-order valence-electron chi connectivity index (χ1n) is 5.01. The summed E-state index contributed by atoms with van der Waals surface area (Å²) in [5.41, 5.74) is 0.916. The Hall–Kier alpha value is -1.07. The number of hydrogen-bond donors (Lipinski definition) is 1. The molecule has 86 valence electrons. The molecule has 1 aromatic carbocycles. The molecule has 1 fully saturated rings. The van der Waals surface area contributed by atoms with Crippen molar-refractivity contribution >= 4 is 27.6 Å². The zero-order valence-corrected chi connectivity index (χ0v) is 10.2. The monoisotopic (exact) mass is 285 g/mol. The lowest BCUT2D eigenvalue weighted by atomic mass is 10.2. The molecule has 1 aliphatic rings. The summed E-state index contributed by atoms with van der Waals surface area (Å²) in [6, 6.07) is 7.04. The summed E-state index contributed by atoms with van der Waals surface area (Å²) in [4.78, 5) is 12.9. The van der Waals surface area contributed by atoms with Gasteiger partial charge in [-0.25, -0.2) is 4.79 Å². The van der Waals surface area contributed by atoms with Gasteiger partial charge in [0.15, 0.2) is 6.04 Å². The predicted octanol–water partition coefficient (Wildman–Crippen LogP) is 1.74. The summed E-state index contributed by atoms with van der Waals surface area (Å²) in [6.45, 7) is 1.42. The zero-order chi connectivity index (χ0) is 11.5. The van der Waals surface area contributed by atoms with E-state index in [0.29, 0.717) is 13.2 Å². The van der Waals surface area contributed by atoms with Gasteiger partial charge in [-0.1, -0.05) is 15.9 Å². The van der Waals surface area contributed by atoms with Gasteiger partial charge in [-0.2, -0.15) is 0 Å². The average Bonchev–Trinajstić information content (AvgIpc) is 2.30. The summed E-state index contributed by atoms with van der Waals surface area (Å²) in [5, 5.41) is 9.09. The van der Waals surface area contributed by atoms with E-state index in [1.807, 2.05) is 29.2 Å². The molecule has 1 heterocycles. The van der Waals surface area contributed by atoms with Crippen LogP contribution in [0.25, 0.3) is 0 Å². The number of nitrogens with zero attached hydrogens (tertiary/aromatic N) is 1. The maximum atomic E-state index is 11.1. The van der Waals surface area contributed by atoms with Crippen molar-refractivity contribution < 1.29 is 14.6 Å². The van der Waals surface area contributed by atoms with E-state index in [9.17, 15) is 4.79 Å². The maximum Gasteiger partial charge on any atom is 0.328 e. The Morgan fingerprint density at radius 1 is 1.44 bits per heavy atom. The van der Waals surface area contributed by atoms with Crippen LogP contribution in [0.15, 0.2) is 28.7 Å². The Bertz CT molecular complexity index is 379. The molecular weight excluding hydrogens is 274 g/mol. The molecule has 0 bridgehead atoms. The molecule has 1 aliphatic heterocycles. The molecule has 1 N–H and O–H groups in total. The highest BCUT2D eigenvalue weighted by atomic mass is 79.9. The van der Waals surface area contributed by atoms with Crippen LogP contribution in [0, 0.1) is 0 Å². The summed E-state index contributed by atoms with van der Waals surface area (Å²) >= 11 is 3.35. The zero-order valence-electron chi connectivity index (χ0n) is 8.60. The minimum absolute atomic E-state index is 0.241. The number of carbonyl (C=O) groups is 1. The molecule has 1 atom stereocenters. The molecule has 0 aliphatic carbocycles. The first-order chi connectivity index (χ1) is 7.68. The third-order valence-corrected chi connectivity index (χ3v) is 3.10. The third kappa shape index (κ3) is 2.36. The molecule has 16 heavy (non-hydrogen) atoms. The molecule has 2 rings (SSSR count). The minimum Gasteiger partial charge on any atom is -0.480 e. The van der Waals surface area contributed by atoms with Crippen LogP contribution >= 0.6 is 15.9 Å². The number of benzene rings is 1. The van der Waals surface area contributed by atoms with Crippen LogP contribution < -0.4 is 4.90 Å². The highest BCUT2D eigenvalue weighted by Crippen LogP contribution is 2.22. The Morgan fingerprint density at radius 2 is 2.12 bits per heavy atom. The van der Waals surface area contributed by atoms with Crippen LogP contribution in [-0.4, -0.2) is 36.9 Å². The van der Waals surface area contributed by atoms with E-state index < -0.39 is 12.0 Å². The molecule has 1 unspecified atom stereocenters. The van der Waals surface area contributed by atoms with E-state index in [2.05, 4.69) is 15.9 Å². The molecular formula is C11H12BrNO3. The number of halogens is 1. The number of carboxylic acid groups (broad SMARTS) is 1. The van der Waals surface area contributed by atoms with Crippen molar-refractivity contribution in [3.63, 3.8) is 0 Å². The van der Waals surface area contributed by atoms with Gasteiger partial charge < -0.3 is 14.7 Å². The molecule has 4 nitrogen and oxygen atoms in total. The van der Waals surface area contributed by atoms with Gasteiger partial charge in [-0.3, -0.25) is 0 Å². The van der Waals surface area contributed by atoms with Crippen molar-refractivity contribution in [1.29, 1.82) is 0 Å². The number of rotatable bonds is 2. The smallest absolute Gasteiger partial charge is 0.328 e. The largest absolute Gasteiger partial charge is 0.480 e. The summed E-state index contributed by atoms with van der Waals surface area (Å²) < 4.78 is 6.17. The summed E-state index contributed by atoms with van der Waals surface area (Å²) in [7, 11) is 0. The highest BCUT2D eigenvalue weighted by molar-refractivity contribution is 9.10. The lowest BCUT2D eigenvalue weighted by Gasteiger charge is -2.34. The predicted molar refractivity (Wildman–Crippen MR) is 63.7 cm³/mol. The van der Waals surface area contributed by atoms with Gasteiger partial charge in [0.1, 0.15) is 0 Å². The van der Waals surface area contributed by atoms with E-state index in [1.165, 1.54) is 0 Å². The molecule has 1 saturated heterocycles. The SMILES string of the molecule is O=C(O)C1COCCN1c1ccc(Br)cc1. The number of anilines is 1. The third-order valence-electron chi connectivity index (χ3n) is 2.57. The summed E-state index contributed by atoms with van der Waals surface area (Å²) in [6.07, 6.45) is 0. The van der Waals surface area contributed by atoms with Crippen molar-refractivity contribution in [1.82, 2.24) is 0 Å². The second kappa shape index (κ2) is 4.84. The molecule has 0 saturated carbocycles. The molecule has 5 heteroatoms. The van der Waals surface area contributed by atoms with Crippen molar-refractivity contribution in [3.8, 4) is 0 Å². The topological polar surface area (TPSA) is 49.8 Å². The fourth-order valence-electron chi connectivity index (χ4n) is 1.75. The van der Waals surface area contributed by atoms with Gasteiger partial charge in [0.25, 0.3) is 0 Å². The van der Waals surface area contributed by atoms with E-state index in [-0.39, 0.29) is 6.61 Å². The van der Waals surface area contributed by atoms with Gasteiger partial charge in [-0.15, -0.1) is 0 Å². The van der Waals surface area contributed by atoms with Crippen LogP contribution in [0.5, 0.6) is 0 Å². The van der Waals surface area contributed by atoms with Crippen molar-refractivity contribution in [2.24, 2.45) is 0 Å². The minimum atomic E-state index is -0.845. The van der Waals surface area contributed by atoms with Crippen molar-refractivity contribution in [3.05, 3.63) is 28.7 Å². The van der Waals surface area contributed by atoms with E-state index in [0.717, 1.165) is 10.2 Å². The number of carboxylic acids is 1. The van der Waals surface area contributed by atoms with Crippen LogP contribution in [0.4, 0.5) is 5.69 Å². The summed E-state index contributed by atoms with van der Waals surface area (Å²) in [5.74, 6) is -0.845. The number of hydrogen-bond acceptors (Lipinski definition) is 3. The Kier molecular flexibility index (Phi) is 3.46. The van der Waals surface area contributed by atoms with Gasteiger partial charge in [-0.05, 0) is 24.3 Å². The van der Waals surface area contributed by atoms with Gasteiger partial charge >= 0.3 is 5.97 Å². The van der Waals surface area contributed by atoms with Crippen LogP contribution in [0.2, 0.25) is 0 Å². The number of morpholine rings is 1. The molecule has 0 amide bonds. The molecule has 0 aromatic heterocycles. The van der Waals surface area contributed by atoms with E-state index in [4.69, 9.17) is 9.84 Å². The fraction of sp³-hybridized carbons (Fsp3) is 0.364. The first kappa shape index (κ1) is 11.4. The van der Waals surface area contributed by atoms with Gasteiger partial charge in [0.2, 0.25) is 0 Å².